The number of primary amides is 1. The summed E-state index contributed by atoms with van der Waals surface area (Å²) >= 11 is 0. The number of sulfone groups is 1. The number of rotatable bonds is 2. The third-order valence-corrected chi connectivity index (χ3v) is 2.88. The fourth-order valence-corrected chi connectivity index (χ4v) is 2.23. The van der Waals surface area contributed by atoms with E-state index in [2.05, 4.69) is 0 Å². The molecule has 5 nitrogen and oxygen atoms in total. The van der Waals surface area contributed by atoms with E-state index < -0.39 is 15.7 Å². The number of hydrogen-bond acceptors (Lipinski definition) is 4. The normalized spacial score (nSPS) is 11.2. The third-order valence-electron chi connectivity index (χ3n) is 1.68. The Bertz CT molecular complexity index is 479. The van der Waals surface area contributed by atoms with E-state index >= 15 is 0 Å². The number of nitrogens with two attached hydrogens (primary N) is 2. The first-order chi connectivity index (χ1) is 6.34. The van der Waals surface area contributed by atoms with Crippen molar-refractivity contribution in [3.05, 3.63) is 23.8 Å². The van der Waals surface area contributed by atoms with Crippen molar-refractivity contribution in [1.29, 1.82) is 0 Å². The van der Waals surface area contributed by atoms with Crippen molar-refractivity contribution in [2.75, 3.05) is 12.0 Å². The molecule has 0 saturated heterocycles. The van der Waals surface area contributed by atoms with E-state index in [0.29, 0.717) is 0 Å². The standard InChI is InChI=1S/C8H10N2O3S/c1-14(12,13)7-5(8(10)11)3-2-4-6(7)9/h2-4H,9H2,1H3,(H2,10,11). The molecular weight excluding hydrogens is 204 g/mol. The first-order valence-electron chi connectivity index (χ1n) is 3.72. The second-order valence-electron chi connectivity index (χ2n) is 2.86. The number of carbonyl (C=O) groups is 1. The predicted octanol–water partition coefficient (Wildman–Crippen LogP) is -0.229. The predicted molar refractivity (Wildman–Crippen MR) is 52.5 cm³/mol. The Hall–Kier alpha value is -1.56. The third kappa shape index (κ3) is 1.85. The summed E-state index contributed by atoms with van der Waals surface area (Å²) < 4.78 is 22.6. The number of hydrogen-bond donors (Lipinski definition) is 2. The molecule has 0 fully saturated rings. The van der Waals surface area contributed by atoms with E-state index in [9.17, 15) is 13.2 Å². The minimum absolute atomic E-state index is 0.0313. The SMILES string of the molecule is CS(=O)(=O)c1c(N)cccc1C(N)=O. The first-order valence-corrected chi connectivity index (χ1v) is 5.61. The Morgan fingerprint density at radius 3 is 2.29 bits per heavy atom. The lowest BCUT2D eigenvalue weighted by atomic mass is 10.2. The smallest absolute Gasteiger partial charge is 0.250 e. The van der Waals surface area contributed by atoms with Crippen LogP contribution in [0.1, 0.15) is 10.4 Å². The van der Waals surface area contributed by atoms with Crippen molar-refractivity contribution in [3.8, 4) is 0 Å². The van der Waals surface area contributed by atoms with Gasteiger partial charge in [-0.3, -0.25) is 4.79 Å². The molecule has 14 heavy (non-hydrogen) atoms. The first kappa shape index (κ1) is 10.5. The van der Waals surface area contributed by atoms with Gasteiger partial charge < -0.3 is 11.5 Å². The molecule has 0 heterocycles. The van der Waals surface area contributed by atoms with E-state index in [4.69, 9.17) is 11.5 Å². The Morgan fingerprint density at radius 2 is 1.93 bits per heavy atom. The largest absolute Gasteiger partial charge is 0.398 e. The molecule has 1 aromatic rings. The van der Waals surface area contributed by atoms with Crippen LogP contribution in [0.5, 0.6) is 0 Å². The molecular formula is C8H10N2O3S. The van der Waals surface area contributed by atoms with Gasteiger partial charge in [0.2, 0.25) is 5.91 Å². The van der Waals surface area contributed by atoms with Gasteiger partial charge in [0.1, 0.15) is 4.90 Å². The molecule has 0 aliphatic heterocycles. The molecule has 1 aromatic carbocycles. The summed E-state index contributed by atoms with van der Waals surface area (Å²) in [6.45, 7) is 0. The summed E-state index contributed by atoms with van der Waals surface area (Å²) in [5.74, 6) is -0.808. The topological polar surface area (TPSA) is 103 Å². The van der Waals surface area contributed by atoms with Crippen LogP contribution in [0.25, 0.3) is 0 Å². The molecule has 0 spiro atoms. The molecule has 0 atom stereocenters. The highest BCUT2D eigenvalue weighted by Crippen LogP contribution is 2.22. The summed E-state index contributed by atoms with van der Waals surface area (Å²) in [5, 5.41) is 0. The highest BCUT2D eigenvalue weighted by atomic mass is 32.2. The number of benzene rings is 1. The van der Waals surface area contributed by atoms with Gasteiger partial charge >= 0.3 is 0 Å². The van der Waals surface area contributed by atoms with E-state index in [1.165, 1.54) is 18.2 Å². The molecule has 0 aliphatic carbocycles. The molecule has 76 valence electrons. The lowest BCUT2D eigenvalue weighted by Gasteiger charge is -2.06. The van der Waals surface area contributed by atoms with Gasteiger partial charge in [0, 0.05) is 6.26 Å². The Balaban J connectivity index is 3.62. The molecule has 1 rings (SSSR count). The van der Waals surface area contributed by atoms with Gasteiger partial charge in [-0.05, 0) is 12.1 Å². The minimum Gasteiger partial charge on any atom is -0.398 e. The lowest BCUT2D eigenvalue weighted by molar-refractivity contribution is 0.0997. The van der Waals surface area contributed by atoms with Crippen molar-refractivity contribution < 1.29 is 13.2 Å². The van der Waals surface area contributed by atoms with Crippen molar-refractivity contribution in [1.82, 2.24) is 0 Å². The van der Waals surface area contributed by atoms with Crippen LogP contribution < -0.4 is 11.5 Å². The fourth-order valence-electron chi connectivity index (χ4n) is 1.16. The zero-order valence-corrected chi connectivity index (χ0v) is 8.34. The molecule has 0 unspecified atom stereocenters. The number of amides is 1. The maximum absolute atomic E-state index is 11.3. The molecule has 1 amide bonds. The van der Waals surface area contributed by atoms with E-state index in [0.717, 1.165) is 6.26 Å². The number of nitrogen functional groups attached to an aromatic ring is 1. The van der Waals surface area contributed by atoms with Crippen molar-refractivity contribution in [3.63, 3.8) is 0 Å². The summed E-state index contributed by atoms with van der Waals surface area (Å²) in [4.78, 5) is 10.7. The second kappa shape index (κ2) is 3.30. The van der Waals surface area contributed by atoms with Gasteiger partial charge in [-0.1, -0.05) is 6.07 Å². The van der Waals surface area contributed by atoms with Crippen LogP contribution in [0.15, 0.2) is 23.1 Å². The Kier molecular flexibility index (Phi) is 2.48. The summed E-state index contributed by atoms with van der Waals surface area (Å²) in [7, 11) is -3.54. The van der Waals surface area contributed by atoms with Crippen LogP contribution in [-0.2, 0) is 9.84 Å². The Labute approximate surface area is 81.6 Å². The van der Waals surface area contributed by atoms with Gasteiger partial charge in [-0.2, -0.15) is 0 Å². The van der Waals surface area contributed by atoms with E-state index in [1.54, 1.807) is 0 Å². The minimum atomic E-state index is -3.54. The highest BCUT2D eigenvalue weighted by molar-refractivity contribution is 7.91. The zero-order valence-electron chi connectivity index (χ0n) is 7.52. The van der Waals surface area contributed by atoms with Gasteiger partial charge in [0.15, 0.2) is 9.84 Å². The zero-order chi connectivity index (χ0) is 10.9. The maximum atomic E-state index is 11.3. The van der Waals surface area contributed by atoms with Crippen LogP contribution in [0.4, 0.5) is 5.69 Å². The molecule has 0 aromatic heterocycles. The van der Waals surface area contributed by atoms with E-state index in [1.807, 2.05) is 0 Å². The van der Waals surface area contributed by atoms with E-state index in [-0.39, 0.29) is 16.1 Å². The maximum Gasteiger partial charge on any atom is 0.250 e. The average Bonchev–Trinajstić information content (AvgIpc) is 2.01. The number of anilines is 1. The average molecular weight is 214 g/mol. The molecule has 0 saturated carbocycles. The van der Waals surface area contributed by atoms with Crippen LogP contribution in [0, 0.1) is 0 Å². The highest BCUT2D eigenvalue weighted by Gasteiger charge is 2.19. The monoisotopic (exact) mass is 214 g/mol. The van der Waals surface area contributed by atoms with Gasteiger partial charge in [0.05, 0.1) is 11.3 Å². The van der Waals surface area contributed by atoms with Crippen molar-refractivity contribution >= 4 is 21.4 Å². The fraction of sp³-hybridized carbons (Fsp3) is 0.125. The van der Waals surface area contributed by atoms with Gasteiger partial charge in [-0.25, -0.2) is 8.42 Å². The Morgan fingerprint density at radius 1 is 1.36 bits per heavy atom. The summed E-state index contributed by atoms with van der Waals surface area (Å²) in [6.07, 6.45) is 0.977. The molecule has 0 bridgehead atoms. The van der Waals surface area contributed by atoms with Crippen molar-refractivity contribution in [2.45, 2.75) is 4.90 Å². The van der Waals surface area contributed by atoms with Gasteiger partial charge in [-0.15, -0.1) is 0 Å². The summed E-state index contributed by atoms with van der Waals surface area (Å²) in [5.41, 5.74) is 10.4. The summed E-state index contributed by atoms with van der Waals surface area (Å²) in [6, 6.07) is 4.21. The molecule has 4 N–H and O–H groups in total. The molecule has 6 heteroatoms. The number of carbonyl (C=O) groups excluding carboxylic acids is 1. The van der Waals surface area contributed by atoms with Gasteiger partial charge in [0.25, 0.3) is 0 Å². The molecule has 0 aliphatic rings. The van der Waals surface area contributed by atoms with Crippen molar-refractivity contribution in [2.24, 2.45) is 5.73 Å². The van der Waals surface area contributed by atoms with Crippen LogP contribution in [0.3, 0.4) is 0 Å². The molecule has 0 radical (unpaired) electrons. The quantitative estimate of drug-likeness (QED) is 0.663. The van der Waals surface area contributed by atoms with Crippen LogP contribution >= 0.6 is 0 Å². The van der Waals surface area contributed by atoms with Crippen LogP contribution in [-0.4, -0.2) is 20.6 Å². The lowest BCUT2D eigenvalue weighted by Crippen LogP contribution is -2.17. The second-order valence-corrected chi connectivity index (χ2v) is 4.81. The van der Waals surface area contributed by atoms with Crippen LogP contribution in [0.2, 0.25) is 0 Å².